The predicted octanol–water partition coefficient (Wildman–Crippen LogP) is 1.77. The quantitative estimate of drug-likeness (QED) is 0.670. The van der Waals surface area contributed by atoms with Gasteiger partial charge in [0.2, 0.25) is 0 Å². The summed E-state index contributed by atoms with van der Waals surface area (Å²) in [6, 6.07) is 0.456. The highest BCUT2D eigenvalue weighted by molar-refractivity contribution is 4.96. The van der Waals surface area contributed by atoms with E-state index in [9.17, 15) is 5.11 Å². The first-order chi connectivity index (χ1) is 6.11. The number of likely N-dealkylation sites (tertiary alicyclic amines) is 1. The molecule has 2 atom stereocenters. The van der Waals surface area contributed by atoms with E-state index in [-0.39, 0.29) is 6.10 Å². The maximum Gasteiger partial charge on any atom is 0.0695 e. The minimum absolute atomic E-state index is 0.0580. The Morgan fingerprint density at radius 2 is 2.00 bits per heavy atom. The van der Waals surface area contributed by atoms with Gasteiger partial charge in [0.15, 0.2) is 0 Å². The van der Waals surface area contributed by atoms with E-state index in [1.54, 1.807) is 0 Å². The highest BCUT2D eigenvalue weighted by Gasteiger charge is 2.41. The smallest absolute Gasteiger partial charge is 0.0695 e. The Labute approximate surface area is 80.9 Å². The van der Waals surface area contributed by atoms with Crippen LogP contribution in [0.1, 0.15) is 46.0 Å². The SMILES string of the molecule is CC1(C)CCCN1C1CCCC1O. The number of aliphatic hydroxyl groups is 1. The molecule has 2 heteroatoms. The summed E-state index contributed by atoms with van der Waals surface area (Å²) in [5, 5.41) is 9.84. The van der Waals surface area contributed by atoms with Crippen molar-refractivity contribution >= 4 is 0 Å². The maximum absolute atomic E-state index is 9.84. The van der Waals surface area contributed by atoms with Crippen molar-refractivity contribution in [3.63, 3.8) is 0 Å². The van der Waals surface area contributed by atoms with Crippen LogP contribution < -0.4 is 0 Å². The van der Waals surface area contributed by atoms with Crippen molar-refractivity contribution in [2.75, 3.05) is 6.54 Å². The summed E-state index contributed by atoms with van der Waals surface area (Å²) in [6.45, 7) is 5.81. The van der Waals surface area contributed by atoms with E-state index < -0.39 is 0 Å². The lowest BCUT2D eigenvalue weighted by molar-refractivity contribution is 0.0344. The Morgan fingerprint density at radius 3 is 2.46 bits per heavy atom. The first kappa shape index (κ1) is 9.47. The molecular formula is C11H21NO. The summed E-state index contributed by atoms with van der Waals surface area (Å²) in [5.41, 5.74) is 0.329. The molecule has 2 nitrogen and oxygen atoms in total. The van der Waals surface area contributed by atoms with Crippen molar-refractivity contribution in [3.8, 4) is 0 Å². The molecule has 1 heterocycles. The van der Waals surface area contributed by atoms with Crippen LogP contribution in [0.25, 0.3) is 0 Å². The van der Waals surface area contributed by atoms with E-state index in [0.717, 1.165) is 6.42 Å². The standard InChI is InChI=1S/C11H21NO/c1-11(2)7-4-8-12(11)9-5-3-6-10(9)13/h9-10,13H,3-8H2,1-2H3. The molecule has 1 N–H and O–H groups in total. The highest BCUT2D eigenvalue weighted by atomic mass is 16.3. The average Bonchev–Trinajstić information content (AvgIpc) is 2.56. The van der Waals surface area contributed by atoms with Crippen LogP contribution in [-0.4, -0.2) is 34.2 Å². The zero-order valence-electron chi connectivity index (χ0n) is 8.79. The summed E-state index contributed by atoms with van der Waals surface area (Å²) in [7, 11) is 0. The zero-order valence-corrected chi connectivity index (χ0v) is 8.79. The summed E-state index contributed by atoms with van der Waals surface area (Å²) in [6.07, 6.45) is 5.95. The monoisotopic (exact) mass is 183 g/mol. The van der Waals surface area contributed by atoms with Gasteiger partial charge < -0.3 is 5.11 Å². The third-order valence-corrected chi connectivity index (χ3v) is 3.81. The summed E-state index contributed by atoms with van der Waals surface area (Å²) in [5.74, 6) is 0. The molecule has 0 radical (unpaired) electrons. The van der Waals surface area contributed by atoms with E-state index in [1.165, 1.54) is 32.2 Å². The van der Waals surface area contributed by atoms with Crippen molar-refractivity contribution in [1.29, 1.82) is 0 Å². The van der Waals surface area contributed by atoms with Gasteiger partial charge in [0.25, 0.3) is 0 Å². The van der Waals surface area contributed by atoms with Crippen LogP contribution in [0.15, 0.2) is 0 Å². The van der Waals surface area contributed by atoms with Crippen LogP contribution in [0.2, 0.25) is 0 Å². The number of aliphatic hydroxyl groups excluding tert-OH is 1. The first-order valence-electron chi connectivity index (χ1n) is 5.56. The minimum Gasteiger partial charge on any atom is -0.391 e. The molecule has 2 aliphatic rings. The fraction of sp³-hybridized carbons (Fsp3) is 1.00. The Balaban J connectivity index is 2.07. The van der Waals surface area contributed by atoms with Crippen LogP contribution in [0.3, 0.4) is 0 Å². The molecular weight excluding hydrogens is 162 g/mol. The molecule has 0 amide bonds. The Kier molecular flexibility index (Phi) is 2.37. The van der Waals surface area contributed by atoms with Gasteiger partial charge in [-0.15, -0.1) is 0 Å². The molecule has 76 valence electrons. The second-order valence-corrected chi connectivity index (χ2v) is 5.17. The van der Waals surface area contributed by atoms with Crippen LogP contribution in [0.4, 0.5) is 0 Å². The van der Waals surface area contributed by atoms with Crippen LogP contribution in [-0.2, 0) is 0 Å². The summed E-state index contributed by atoms with van der Waals surface area (Å²) in [4.78, 5) is 2.53. The molecule has 0 bridgehead atoms. The summed E-state index contributed by atoms with van der Waals surface area (Å²) >= 11 is 0. The van der Waals surface area contributed by atoms with Crippen molar-refractivity contribution < 1.29 is 5.11 Å². The second kappa shape index (κ2) is 3.25. The van der Waals surface area contributed by atoms with Gasteiger partial charge in [-0.05, 0) is 52.5 Å². The number of nitrogens with zero attached hydrogens (tertiary/aromatic N) is 1. The fourth-order valence-electron chi connectivity index (χ4n) is 3.03. The fourth-order valence-corrected chi connectivity index (χ4v) is 3.03. The lowest BCUT2D eigenvalue weighted by Gasteiger charge is -2.38. The van der Waals surface area contributed by atoms with Gasteiger partial charge in [-0.25, -0.2) is 0 Å². The molecule has 0 aromatic rings. The molecule has 0 aromatic heterocycles. The Bertz CT molecular complexity index is 191. The topological polar surface area (TPSA) is 23.5 Å². The third kappa shape index (κ3) is 1.62. The van der Waals surface area contributed by atoms with Crippen LogP contribution >= 0.6 is 0 Å². The molecule has 2 unspecified atom stereocenters. The van der Waals surface area contributed by atoms with Crippen LogP contribution in [0.5, 0.6) is 0 Å². The predicted molar refractivity (Wildman–Crippen MR) is 53.7 cm³/mol. The van der Waals surface area contributed by atoms with Gasteiger partial charge in [0.05, 0.1) is 6.10 Å². The lowest BCUT2D eigenvalue weighted by Crippen LogP contribution is -2.48. The molecule has 1 saturated heterocycles. The van der Waals surface area contributed by atoms with Crippen molar-refractivity contribution in [3.05, 3.63) is 0 Å². The molecule has 2 rings (SSSR count). The molecule has 1 aliphatic heterocycles. The normalized spacial score (nSPS) is 39.9. The second-order valence-electron chi connectivity index (χ2n) is 5.17. The molecule has 0 aromatic carbocycles. The maximum atomic E-state index is 9.84. The Morgan fingerprint density at radius 1 is 1.23 bits per heavy atom. The van der Waals surface area contributed by atoms with Gasteiger partial charge in [0, 0.05) is 11.6 Å². The van der Waals surface area contributed by atoms with Gasteiger partial charge in [0.1, 0.15) is 0 Å². The van der Waals surface area contributed by atoms with Gasteiger partial charge in [-0.2, -0.15) is 0 Å². The van der Waals surface area contributed by atoms with E-state index in [0.29, 0.717) is 11.6 Å². The Hall–Kier alpha value is -0.0800. The van der Waals surface area contributed by atoms with E-state index in [1.807, 2.05) is 0 Å². The first-order valence-corrected chi connectivity index (χ1v) is 5.56. The van der Waals surface area contributed by atoms with E-state index >= 15 is 0 Å². The molecule has 1 aliphatic carbocycles. The minimum atomic E-state index is -0.0580. The average molecular weight is 183 g/mol. The van der Waals surface area contributed by atoms with Crippen molar-refractivity contribution in [2.24, 2.45) is 0 Å². The van der Waals surface area contributed by atoms with E-state index in [2.05, 4.69) is 18.7 Å². The van der Waals surface area contributed by atoms with Crippen LogP contribution in [0, 0.1) is 0 Å². The van der Waals surface area contributed by atoms with Gasteiger partial charge in [-0.3, -0.25) is 4.90 Å². The van der Waals surface area contributed by atoms with Gasteiger partial charge >= 0.3 is 0 Å². The number of hydrogen-bond acceptors (Lipinski definition) is 2. The molecule has 1 saturated carbocycles. The summed E-state index contributed by atoms with van der Waals surface area (Å²) < 4.78 is 0. The number of hydrogen-bond donors (Lipinski definition) is 1. The van der Waals surface area contributed by atoms with Crippen molar-refractivity contribution in [1.82, 2.24) is 4.90 Å². The molecule has 0 spiro atoms. The number of rotatable bonds is 1. The molecule has 13 heavy (non-hydrogen) atoms. The lowest BCUT2D eigenvalue weighted by atomic mass is 9.99. The van der Waals surface area contributed by atoms with Crippen molar-refractivity contribution in [2.45, 2.75) is 63.6 Å². The van der Waals surface area contributed by atoms with E-state index in [4.69, 9.17) is 0 Å². The highest BCUT2D eigenvalue weighted by Crippen LogP contribution is 2.36. The van der Waals surface area contributed by atoms with Gasteiger partial charge in [-0.1, -0.05) is 0 Å². The third-order valence-electron chi connectivity index (χ3n) is 3.81. The zero-order chi connectivity index (χ0) is 9.47. The largest absolute Gasteiger partial charge is 0.391 e. The molecule has 2 fully saturated rings.